The molecule has 0 bridgehead atoms. The molecule has 0 spiro atoms. The quantitative estimate of drug-likeness (QED) is 0.696. The smallest absolute Gasteiger partial charge is 0.213 e. The molecule has 2 aromatic carbocycles. The average Bonchev–Trinajstić information content (AvgIpc) is 2.95. The van der Waals surface area contributed by atoms with Crippen LogP contribution >= 0.6 is 11.6 Å². The van der Waals surface area contributed by atoms with E-state index in [4.69, 9.17) is 11.6 Å². The van der Waals surface area contributed by atoms with Crippen LogP contribution < -0.4 is 0 Å². The van der Waals surface area contributed by atoms with Crippen molar-refractivity contribution in [2.75, 3.05) is 0 Å². The van der Waals surface area contributed by atoms with Crippen molar-refractivity contribution in [1.82, 2.24) is 15.0 Å². The molecule has 0 aliphatic heterocycles. The Labute approximate surface area is 127 Å². The third-order valence-corrected chi connectivity index (χ3v) is 3.31. The van der Waals surface area contributed by atoms with Gasteiger partial charge in [0.05, 0.1) is 11.9 Å². The molecule has 0 atom stereocenters. The summed E-state index contributed by atoms with van der Waals surface area (Å²) >= 11 is 6.02. The van der Waals surface area contributed by atoms with Crippen LogP contribution in [0.25, 0.3) is 5.69 Å². The molecule has 0 fully saturated rings. The van der Waals surface area contributed by atoms with Crippen LogP contribution in [0.3, 0.4) is 0 Å². The Hall–Kier alpha value is -2.46. The van der Waals surface area contributed by atoms with Gasteiger partial charge in [-0.25, -0.2) is 4.68 Å². The van der Waals surface area contributed by atoms with Crippen molar-refractivity contribution >= 4 is 17.4 Å². The number of halogens is 1. The molecule has 0 N–H and O–H groups in total. The van der Waals surface area contributed by atoms with Crippen LogP contribution in [0.15, 0.2) is 54.7 Å². The number of rotatable bonds is 3. The van der Waals surface area contributed by atoms with Crippen molar-refractivity contribution in [3.05, 3.63) is 76.6 Å². The number of carbonyl (C=O) groups excluding carboxylic acids is 1. The van der Waals surface area contributed by atoms with Gasteiger partial charge < -0.3 is 0 Å². The van der Waals surface area contributed by atoms with Gasteiger partial charge in [-0.1, -0.05) is 35.0 Å². The number of hydrogen-bond donors (Lipinski definition) is 0. The Balaban J connectivity index is 2.06. The fourth-order valence-corrected chi connectivity index (χ4v) is 2.45. The lowest BCUT2D eigenvalue weighted by Crippen LogP contribution is -2.10. The summed E-state index contributed by atoms with van der Waals surface area (Å²) in [6.45, 7) is 1.90. The van der Waals surface area contributed by atoms with E-state index in [1.165, 1.54) is 10.9 Å². The third kappa shape index (κ3) is 2.71. The van der Waals surface area contributed by atoms with Gasteiger partial charge in [-0.15, -0.1) is 5.10 Å². The molecular weight excluding hydrogens is 286 g/mol. The van der Waals surface area contributed by atoms with E-state index < -0.39 is 0 Å². The van der Waals surface area contributed by atoms with Gasteiger partial charge in [0.2, 0.25) is 5.78 Å². The van der Waals surface area contributed by atoms with Crippen molar-refractivity contribution in [2.45, 2.75) is 6.92 Å². The maximum absolute atomic E-state index is 12.6. The second-order valence-electron chi connectivity index (χ2n) is 4.71. The minimum atomic E-state index is -0.158. The van der Waals surface area contributed by atoms with Crippen LogP contribution in [0.1, 0.15) is 21.6 Å². The van der Waals surface area contributed by atoms with Crippen molar-refractivity contribution in [3.63, 3.8) is 0 Å². The zero-order chi connectivity index (χ0) is 14.8. The van der Waals surface area contributed by atoms with E-state index in [1.807, 2.05) is 43.3 Å². The van der Waals surface area contributed by atoms with Crippen molar-refractivity contribution in [2.24, 2.45) is 0 Å². The molecule has 0 saturated carbocycles. The molecule has 0 amide bonds. The molecule has 104 valence electrons. The molecule has 0 aliphatic rings. The highest BCUT2D eigenvalue weighted by Crippen LogP contribution is 2.18. The topological polar surface area (TPSA) is 47.8 Å². The molecule has 3 aromatic rings. The molecule has 4 nitrogen and oxygen atoms in total. The molecule has 0 radical (unpaired) electrons. The Morgan fingerprint density at radius 1 is 1.14 bits per heavy atom. The Morgan fingerprint density at radius 3 is 2.62 bits per heavy atom. The lowest BCUT2D eigenvalue weighted by atomic mass is 10.1. The zero-order valence-corrected chi connectivity index (χ0v) is 12.1. The number of para-hydroxylation sites is 1. The second kappa shape index (κ2) is 5.50. The standard InChI is InChI=1S/C16H12ClN3O/c1-11-7-12(9-13(17)8-11)16(21)15-10-18-19-20(15)14-5-3-2-4-6-14/h2-10H,1H3. The Morgan fingerprint density at radius 2 is 1.90 bits per heavy atom. The highest BCUT2D eigenvalue weighted by Gasteiger charge is 2.17. The van der Waals surface area contributed by atoms with E-state index in [0.717, 1.165) is 11.3 Å². The van der Waals surface area contributed by atoms with E-state index in [1.54, 1.807) is 12.1 Å². The minimum Gasteiger partial charge on any atom is -0.287 e. The Kier molecular flexibility index (Phi) is 3.54. The number of hydrogen-bond acceptors (Lipinski definition) is 3. The molecule has 1 heterocycles. The van der Waals surface area contributed by atoms with Crippen LogP contribution in [0.4, 0.5) is 0 Å². The summed E-state index contributed by atoms with van der Waals surface area (Å²) in [6, 6.07) is 14.7. The van der Waals surface area contributed by atoms with Gasteiger partial charge in [-0.05, 0) is 42.8 Å². The van der Waals surface area contributed by atoms with Gasteiger partial charge in [0.1, 0.15) is 5.69 Å². The zero-order valence-electron chi connectivity index (χ0n) is 11.3. The van der Waals surface area contributed by atoms with E-state index in [9.17, 15) is 4.79 Å². The van der Waals surface area contributed by atoms with E-state index in [0.29, 0.717) is 16.3 Å². The van der Waals surface area contributed by atoms with Crippen LogP contribution in [0.2, 0.25) is 5.02 Å². The lowest BCUT2D eigenvalue weighted by Gasteiger charge is -2.06. The van der Waals surface area contributed by atoms with Gasteiger partial charge >= 0.3 is 0 Å². The van der Waals surface area contributed by atoms with Crippen LogP contribution in [0.5, 0.6) is 0 Å². The summed E-state index contributed by atoms with van der Waals surface area (Å²) in [6.07, 6.45) is 1.46. The maximum Gasteiger partial charge on any atom is 0.213 e. The molecule has 0 unspecified atom stereocenters. The molecule has 0 saturated heterocycles. The third-order valence-electron chi connectivity index (χ3n) is 3.09. The van der Waals surface area contributed by atoms with Gasteiger partial charge in [0, 0.05) is 10.6 Å². The highest BCUT2D eigenvalue weighted by atomic mass is 35.5. The molecule has 3 rings (SSSR count). The summed E-state index contributed by atoms with van der Waals surface area (Å²) in [4.78, 5) is 12.6. The monoisotopic (exact) mass is 297 g/mol. The average molecular weight is 298 g/mol. The molecule has 5 heteroatoms. The van der Waals surface area contributed by atoms with Gasteiger partial charge in [-0.2, -0.15) is 0 Å². The van der Waals surface area contributed by atoms with Crippen LogP contribution in [-0.2, 0) is 0 Å². The second-order valence-corrected chi connectivity index (χ2v) is 5.15. The van der Waals surface area contributed by atoms with Gasteiger partial charge in [0.15, 0.2) is 0 Å². The highest BCUT2D eigenvalue weighted by molar-refractivity contribution is 6.31. The van der Waals surface area contributed by atoms with Gasteiger partial charge in [-0.3, -0.25) is 4.79 Å². The van der Waals surface area contributed by atoms with Gasteiger partial charge in [0.25, 0.3) is 0 Å². The number of benzene rings is 2. The first-order valence-corrected chi connectivity index (χ1v) is 6.81. The predicted molar refractivity (Wildman–Crippen MR) is 81.0 cm³/mol. The summed E-state index contributed by atoms with van der Waals surface area (Å²) in [5.74, 6) is -0.158. The summed E-state index contributed by atoms with van der Waals surface area (Å²) in [7, 11) is 0. The van der Waals surface area contributed by atoms with Crippen molar-refractivity contribution in [3.8, 4) is 5.69 Å². The molecule has 1 aromatic heterocycles. The normalized spacial score (nSPS) is 10.6. The van der Waals surface area contributed by atoms with Crippen LogP contribution in [-0.4, -0.2) is 20.8 Å². The number of aromatic nitrogens is 3. The summed E-state index contributed by atoms with van der Waals surface area (Å²) < 4.78 is 1.53. The number of nitrogens with zero attached hydrogens (tertiary/aromatic N) is 3. The van der Waals surface area contributed by atoms with E-state index >= 15 is 0 Å². The number of carbonyl (C=O) groups is 1. The lowest BCUT2D eigenvalue weighted by molar-refractivity contribution is 0.103. The first-order valence-electron chi connectivity index (χ1n) is 6.43. The van der Waals surface area contributed by atoms with Crippen LogP contribution in [0, 0.1) is 6.92 Å². The van der Waals surface area contributed by atoms with Crippen molar-refractivity contribution in [1.29, 1.82) is 0 Å². The molecular formula is C16H12ClN3O. The fraction of sp³-hybridized carbons (Fsp3) is 0.0625. The predicted octanol–water partition coefficient (Wildman–Crippen LogP) is 3.46. The molecule has 21 heavy (non-hydrogen) atoms. The number of ketones is 1. The van der Waals surface area contributed by atoms with Crippen molar-refractivity contribution < 1.29 is 4.79 Å². The van der Waals surface area contributed by atoms with E-state index in [-0.39, 0.29) is 5.78 Å². The largest absolute Gasteiger partial charge is 0.287 e. The fourth-order valence-electron chi connectivity index (χ4n) is 2.17. The maximum atomic E-state index is 12.6. The molecule has 0 aliphatic carbocycles. The first kappa shape index (κ1) is 13.5. The first-order chi connectivity index (χ1) is 10.1. The SMILES string of the molecule is Cc1cc(Cl)cc(C(=O)c2cnnn2-c2ccccc2)c1. The minimum absolute atomic E-state index is 0.158. The summed E-state index contributed by atoms with van der Waals surface area (Å²) in [5, 5.41) is 8.38. The Bertz CT molecular complexity index is 776. The van der Waals surface area contributed by atoms with E-state index in [2.05, 4.69) is 10.3 Å². The number of aryl methyl sites for hydroxylation is 1. The summed E-state index contributed by atoms with van der Waals surface area (Å²) in [5.41, 5.74) is 2.66.